The van der Waals surface area contributed by atoms with Crippen LogP contribution in [0.4, 0.5) is 0 Å². The molecule has 1 aromatic heterocycles. The molecule has 2 aliphatic heterocycles. The maximum absolute atomic E-state index is 12.6. The van der Waals surface area contributed by atoms with Gasteiger partial charge in [-0.2, -0.15) is 0 Å². The number of piperidine rings is 1. The largest absolute Gasteiger partial charge is 0.346 e. The number of hydrogen-bond donors (Lipinski definition) is 2. The Morgan fingerprint density at radius 2 is 1.88 bits per heavy atom. The fourth-order valence-corrected chi connectivity index (χ4v) is 4.63. The molecule has 24 heavy (non-hydrogen) atoms. The highest BCUT2D eigenvalue weighted by Gasteiger charge is 2.35. The zero-order chi connectivity index (χ0) is 16.5. The molecule has 2 saturated heterocycles. The molecule has 1 aromatic rings. The fourth-order valence-electron chi connectivity index (χ4n) is 4.63. The van der Waals surface area contributed by atoms with Crippen molar-refractivity contribution in [3.63, 3.8) is 0 Å². The predicted molar refractivity (Wildman–Crippen MR) is 90.6 cm³/mol. The molecule has 3 N–H and O–H groups in total. The molecule has 4 rings (SSSR count). The van der Waals surface area contributed by atoms with Gasteiger partial charge >= 0.3 is 0 Å². The molecule has 0 radical (unpaired) electrons. The Balaban J connectivity index is 1.38. The number of hydrogen-bond acceptors (Lipinski definition) is 5. The predicted octanol–water partition coefficient (Wildman–Crippen LogP) is 1.08. The summed E-state index contributed by atoms with van der Waals surface area (Å²) in [5.41, 5.74) is 6.41. The minimum atomic E-state index is -0.0764. The number of rotatable bonds is 3. The van der Waals surface area contributed by atoms with Crippen LogP contribution in [0.3, 0.4) is 0 Å². The Hall–Kier alpha value is -1.47. The number of amides is 1. The number of aromatic nitrogens is 3. The molecule has 2 atom stereocenters. The number of carbonyl (C=O) groups excluding carboxylic acids is 1. The van der Waals surface area contributed by atoms with Crippen LogP contribution < -0.4 is 11.1 Å². The minimum absolute atomic E-state index is 0.0764. The Labute approximate surface area is 142 Å². The molecule has 0 unspecified atom stereocenters. The maximum atomic E-state index is 12.6. The van der Waals surface area contributed by atoms with Gasteiger partial charge in [-0.3, -0.25) is 9.69 Å². The van der Waals surface area contributed by atoms with Gasteiger partial charge in [0.2, 0.25) is 0 Å². The summed E-state index contributed by atoms with van der Waals surface area (Å²) in [5, 5.41) is 11.5. The van der Waals surface area contributed by atoms with Crippen LogP contribution in [0.1, 0.15) is 67.9 Å². The summed E-state index contributed by atoms with van der Waals surface area (Å²) in [6, 6.07) is 1.41. The van der Waals surface area contributed by atoms with Gasteiger partial charge in [-0.15, -0.1) is 5.10 Å². The van der Waals surface area contributed by atoms with Crippen molar-refractivity contribution < 1.29 is 4.79 Å². The van der Waals surface area contributed by atoms with Crippen LogP contribution in [-0.4, -0.2) is 57.0 Å². The van der Waals surface area contributed by atoms with Gasteiger partial charge in [0, 0.05) is 18.1 Å². The average Bonchev–Trinajstić information content (AvgIpc) is 3.25. The third-order valence-electron chi connectivity index (χ3n) is 6.01. The number of nitrogens with zero attached hydrogens (tertiary/aromatic N) is 4. The van der Waals surface area contributed by atoms with E-state index in [1.54, 1.807) is 0 Å². The lowest BCUT2D eigenvalue weighted by Crippen LogP contribution is -2.52. The lowest BCUT2D eigenvalue weighted by atomic mass is 9.92. The molecular formula is C17H28N6O. The molecular weight excluding hydrogens is 304 g/mol. The molecule has 3 fully saturated rings. The lowest BCUT2D eigenvalue weighted by molar-refractivity contribution is 0.0863. The average molecular weight is 332 g/mol. The molecule has 1 aliphatic carbocycles. The zero-order valence-electron chi connectivity index (χ0n) is 14.2. The van der Waals surface area contributed by atoms with Gasteiger partial charge in [-0.25, -0.2) is 4.68 Å². The summed E-state index contributed by atoms with van der Waals surface area (Å²) < 4.78 is 1.86. The molecule has 1 saturated carbocycles. The Kier molecular flexibility index (Phi) is 4.54. The van der Waals surface area contributed by atoms with E-state index in [-0.39, 0.29) is 11.9 Å². The van der Waals surface area contributed by atoms with Gasteiger partial charge in [0.05, 0.1) is 12.2 Å². The zero-order valence-corrected chi connectivity index (χ0v) is 14.2. The highest BCUT2D eigenvalue weighted by molar-refractivity contribution is 5.92. The van der Waals surface area contributed by atoms with E-state index in [0.29, 0.717) is 23.8 Å². The van der Waals surface area contributed by atoms with Gasteiger partial charge in [0.25, 0.3) is 5.91 Å². The van der Waals surface area contributed by atoms with E-state index in [2.05, 4.69) is 20.5 Å². The molecule has 3 heterocycles. The van der Waals surface area contributed by atoms with Crippen molar-refractivity contribution in [2.45, 2.75) is 75.5 Å². The van der Waals surface area contributed by atoms with Crippen molar-refractivity contribution in [1.29, 1.82) is 0 Å². The summed E-state index contributed by atoms with van der Waals surface area (Å²) in [4.78, 5) is 15.1. The van der Waals surface area contributed by atoms with Crippen LogP contribution in [0.25, 0.3) is 0 Å². The monoisotopic (exact) mass is 332 g/mol. The van der Waals surface area contributed by atoms with Crippen molar-refractivity contribution in [2.75, 3.05) is 13.1 Å². The fraction of sp³-hybridized carbons (Fsp3) is 0.824. The van der Waals surface area contributed by atoms with E-state index in [9.17, 15) is 4.79 Å². The maximum Gasteiger partial charge on any atom is 0.273 e. The number of carbonyl (C=O) groups is 1. The van der Waals surface area contributed by atoms with Crippen molar-refractivity contribution in [3.05, 3.63) is 11.9 Å². The van der Waals surface area contributed by atoms with E-state index < -0.39 is 0 Å². The SMILES string of the molecule is NC1CCC(n2cc(C(=O)N[C@H]3CCCN4CCC[C@@H]34)nn2)CC1. The third kappa shape index (κ3) is 3.19. The van der Waals surface area contributed by atoms with Crippen molar-refractivity contribution in [1.82, 2.24) is 25.2 Å². The van der Waals surface area contributed by atoms with Crippen LogP contribution in [-0.2, 0) is 0 Å². The molecule has 3 aliphatic rings. The van der Waals surface area contributed by atoms with Crippen molar-refractivity contribution >= 4 is 5.91 Å². The minimum Gasteiger partial charge on any atom is -0.346 e. The van der Waals surface area contributed by atoms with Crippen molar-refractivity contribution in [3.8, 4) is 0 Å². The van der Waals surface area contributed by atoms with Crippen LogP contribution in [0.5, 0.6) is 0 Å². The van der Waals surface area contributed by atoms with Gasteiger partial charge in [0.1, 0.15) is 0 Å². The van der Waals surface area contributed by atoms with Crippen LogP contribution in [0, 0.1) is 0 Å². The summed E-state index contributed by atoms with van der Waals surface area (Å²) >= 11 is 0. The Morgan fingerprint density at radius 3 is 2.67 bits per heavy atom. The van der Waals surface area contributed by atoms with E-state index >= 15 is 0 Å². The number of nitrogens with two attached hydrogens (primary N) is 1. The smallest absolute Gasteiger partial charge is 0.273 e. The van der Waals surface area contributed by atoms with E-state index in [1.165, 1.54) is 25.9 Å². The molecule has 132 valence electrons. The second-order valence-corrected chi connectivity index (χ2v) is 7.62. The third-order valence-corrected chi connectivity index (χ3v) is 6.01. The molecule has 0 bridgehead atoms. The Bertz CT molecular complexity index is 579. The molecule has 1 amide bonds. The van der Waals surface area contributed by atoms with E-state index in [4.69, 9.17) is 5.73 Å². The summed E-state index contributed by atoms with van der Waals surface area (Å²) in [7, 11) is 0. The Morgan fingerprint density at radius 1 is 1.12 bits per heavy atom. The van der Waals surface area contributed by atoms with Crippen LogP contribution >= 0.6 is 0 Å². The summed E-state index contributed by atoms with van der Waals surface area (Å²) in [6.07, 6.45) is 10.6. The first kappa shape index (κ1) is 16.0. The second-order valence-electron chi connectivity index (χ2n) is 7.62. The molecule has 7 nitrogen and oxygen atoms in total. The van der Waals surface area contributed by atoms with Crippen molar-refractivity contribution in [2.24, 2.45) is 5.73 Å². The highest BCUT2D eigenvalue weighted by Crippen LogP contribution is 2.28. The van der Waals surface area contributed by atoms with Gasteiger partial charge in [-0.1, -0.05) is 5.21 Å². The lowest BCUT2D eigenvalue weighted by Gasteiger charge is -2.36. The first-order chi connectivity index (χ1) is 11.7. The van der Waals surface area contributed by atoms with Gasteiger partial charge in [0.15, 0.2) is 5.69 Å². The number of nitrogens with one attached hydrogen (secondary N) is 1. The quantitative estimate of drug-likeness (QED) is 0.864. The first-order valence-corrected chi connectivity index (χ1v) is 9.43. The van der Waals surface area contributed by atoms with Crippen LogP contribution in [0.15, 0.2) is 6.20 Å². The molecule has 7 heteroatoms. The summed E-state index contributed by atoms with van der Waals surface area (Å²) in [6.45, 7) is 2.36. The standard InChI is InChI=1S/C17H28N6O/c18-12-5-7-13(8-6-12)23-11-15(20-21-23)17(24)19-14-3-1-9-22-10-2-4-16(14)22/h11-14,16H,1-10,18H2,(H,19,24)/t12?,13?,14-,16-/m0/s1. The number of fused-ring (bicyclic) bond motifs is 1. The molecule has 0 aromatic carbocycles. The van der Waals surface area contributed by atoms with Crippen LogP contribution in [0.2, 0.25) is 0 Å². The van der Waals surface area contributed by atoms with E-state index in [1.807, 2.05) is 10.9 Å². The normalized spacial score (nSPS) is 34.0. The second kappa shape index (κ2) is 6.80. The molecule has 0 spiro atoms. The first-order valence-electron chi connectivity index (χ1n) is 9.43. The van der Waals surface area contributed by atoms with Gasteiger partial charge < -0.3 is 11.1 Å². The van der Waals surface area contributed by atoms with Gasteiger partial charge in [-0.05, 0) is 64.5 Å². The highest BCUT2D eigenvalue weighted by atomic mass is 16.2. The van der Waals surface area contributed by atoms with E-state index in [0.717, 1.165) is 38.5 Å². The summed E-state index contributed by atoms with van der Waals surface area (Å²) in [5.74, 6) is -0.0764. The topological polar surface area (TPSA) is 89.1 Å².